The predicted molar refractivity (Wildman–Crippen MR) is 115 cm³/mol. The van der Waals surface area contributed by atoms with E-state index in [0.29, 0.717) is 38.4 Å². The molecule has 0 atom stereocenters. The van der Waals surface area contributed by atoms with Crippen LogP contribution in [0.1, 0.15) is 28.3 Å². The molecule has 0 saturated carbocycles. The van der Waals surface area contributed by atoms with Crippen LogP contribution in [0.15, 0.2) is 47.4 Å². The highest BCUT2D eigenvalue weighted by Gasteiger charge is 2.25. The van der Waals surface area contributed by atoms with Crippen LogP contribution in [-0.2, 0) is 24.4 Å². The number of rotatable bonds is 6. The first-order valence-electron chi connectivity index (χ1n) is 10.3. The van der Waals surface area contributed by atoms with Crippen molar-refractivity contribution in [2.45, 2.75) is 26.6 Å². The second-order valence-corrected chi connectivity index (χ2v) is 7.88. The number of aryl methyl sites for hydroxylation is 1. The number of H-pyrrole nitrogens is 1. The van der Waals surface area contributed by atoms with Gasteiger partial charge in [-0.3, -0.25) is 14.5 Å². The van der Waals surface area contributed by atoms with Crippen LogP contribution in [0.2, 0.25) is 0 Å². The van der Waals surface area contributed by atoms with Crippen LogP contribution in [0.3, 0.4) is 0 Å². The summed E-state index contributed by atoms with van der Waals surface area (Å²) >= 11 is 0. The zero-order chi connectivity index (χ0) is 22.7. The number of nitrogens with zero attached hydrogens (tertiary/aromatic N) is 5. The second-order valence-electron chi connectivity index (χ2n) is 7.88. The zero-order valence-electron chi connectivity index (χ0n) is 17.7. The van der Waals surface area contributed by atoms with Crippen molar-refractivity contribution in [1.29, 1.82) is 5.26 Å². The Bertz CT molecular complexity index is 1240. The Balaban J connectivity index is 1.41. The summed E-state index contributed by atoms with van der Waals surface area (Å²) in [5.41, 5.74) is 2.22. The first-order chi connectivity index (χ1) is 15.4. The van der Waals surface area contributed by atoms with E-state index in [1.54, 1.807) is 29.3 Å². The summed E-state index contributed by atoms with van der Waals surface area (Å²) < 4.78 is 16.0. The summed E-state index contributed by atoms with van der Waals surface area (Å²) in [4.78, 5) is 35.1. The molecule has 2 aromatic heterocycles. The van der Waals surface area contributed by atoms with Gasteiger partial charge in [0, 0.05) is 44.1 Å². The van der Waals surface area contributed by atoms with E-state index in [1.165, 1.54) is 18.2 Å². The maximum atomic E-state index is 14.0. The van der Waals surface area contributed by atoms with E-state index in [2.05, 4.69) is 14.9 Å². The summed E-state index contributed by atoms with van der Waals surface area (Å²) in [6.45, 7) is 4.76. The largest absolute Gasteiger partial charge is 0.334 e. The summed E-state index contributed by atoms with van der Waals surface area (Å²) in [6.07, 6.45) is 1.78. The number of aromatic amines is 1. The molecular formula is C23H23FN6O2. The smallest absolute Gasteiger partial charge is 0.248 e. The maximum absolute atomic E-state index is 14.0. The van der Waals surface area contributed by atoms with Gasteiger partial charge in [0.1, 0.15) is 17.7 Å². The van der Waals surface area contributed by atoms with E-state index in [4.69, 9.17) is 5.26 Å². The van der Waals surface area contributed by atoms with Gasteiger partial charge in [-0.25, -0.2) is 9.37 Å². The molecule has 3 heterocycles. The summed E-state index contributed by atoms with van der Waals surface area (Å²) in [6, 6.07) is 11.3. The number of imidazole rings is 1. The Morgan fingerprint density at radius 2 is 2.00 bits per heavy atom. The number of piperazine rings is 1. The van der Waals surface area contributed by atoms with Gasteiger partial charge >= 0.3 is 0 Å². The van der Waals surface area contributed by atoms with E-state index in [9.17, 15) is 14.0 Å². The number of nitrogens with one attached hydrogen (secondary N) is 1. The van der Waals surface area contributed by atoms with Gasteiger partial charge in [-0.15, -0.1) is 0 Å². The zero-order valence-corrected chi connectivity index (χ0v) is 17.7. The molecule has 1 saturated heterocycles. The maximum Gasteiger partial charge on any atom is 0.248 e. The normalized spacial score (nSPS) is 14.5. The van der Waals surface area contributed by atoms with E-state index < -0.39 is 5.82 Å². The molecule has 9 heteroatoms. The molecule has 8 nitrogen and oxygen atoms in total. The Morgan fingerprint density at radius 1 is 1.16 bits per heavy atom. The Hall–Kier alpha value is -3.77. The van der Waals surface area contributed by atoms with Gasteiger partial charge in [-0.2, -0.15) is 5.26 Å². The van der Waals surface area contributed by atoms with Gasteiger partial charge < -0.3 is 14.5 Å². The predicted octanol–water partition coefficient (Wildman–Crippen LogP) is 1.78. The molecule has 0 aliphatic carbocycles. The second kappa shape index (κ2) is 9.16. The Morgan fingerprint density at radius 3 is 2.72 bits per heavy atom. The molecule has 0 bridgehead atoms. The first-order valence-corrected chi connectivity index (χ1v) is 10.3. The van der Waals surface area contributed by atoms with Gasteiger partial charge in [0.25, 0.3) is 0 Å². The number of carbonyl (C=O) groups is 1. The molecule has 0 spiro atoms. The lowest BCUT2D eigenvalue weighted by atomic mass is 10.1. The molecule has 3 aromatic rings. The number of carbonyl (C=O) groups excluding carboxylic acids is 1. The van der Waals surface area contributed by atoms with Crippen molar-refractivity contribution >= 4 is 5.91 Å². The molecule has 164 valence electrons. The van der Waals surface area contributed by atoms with Crippen molar-refractivity contribution in [3.05, 3.63) is 87.1 Å². The van der Waals surface area contributed by atoms with Crippen LogP contribution < -0.4 is 5.56 Å². The number of nitriles is 1. The third-order valence-corrected chi connectivity index (χ3v) is 5.61. The third-order valence-electron chi connectivity index (χ3n) is 5.61. The monoisotopic (exact) mass is 434 g/mol. The highest BCUT2D eigenvalue weighted by molar-refractivity contribution is 5.79. The fourth-order valence-electron chi connectivity index (χ4n) is 3.87. The van der Waals surface area contributed by atoms with Crippen LogP contribution in [0.25, 0.3) is 0 Å². The number of pyridine rings is 1. The van der Waals surface area contributed by atoms with Crippen molar-refractivity contribution < 1.29 is 9.18 Å². The Labute approximate surface area is 184 Å². The molecular weight excluding hydrogens is 411 g/mol. The van der Waals surface area contributed by atoms with E-state index in [-0.39, 0.29) is 23.6 Å². The van der Waals surface area contributed by atoms with Crippen LogP contribution in [0.4, 0.5) is 4.39 Å². The van der Waals surface area contributed by atoms with E-state index in [1.807, 2.05) is 17.6 Å². The number of hydrogen-bond donors (Lipinski definition) is 1. The number of benzene rings is 1. The van der Waals surface area contributed by atoms with E-state index in [0.717, 1.165) is 17.1 Å². The molecule has 1 fully saturated rings. The van der Waals surface area contributed by atoms with Crippen molar-refractivity contribution in [2.75, 3.05) is 19.6 Å². The SMILES string of the molecule is Cc1ncc(CN2CCN(Cc3cccc(=O)[nH]3)C(=O)C2)n1Cc1ccc(C#N)c(F)c1. The van der Waals surface area contributed by atoms with Gasteiger partial charge in [0.15, 0.2) is 0 Å². The minimum absolute atomic E-state index is 0.00194. The van der Waals surface area contributed by atoms with Crippen molar-refractivity contribution in [1.82, 2.24) is 24.3 Å². The average Bonchev–Trinajstić information content (AvgIpc) is 3.09. The number of aromatic nitrogens is 3. The standard InChI is InChI=1S/C23H23FN6O2/c1-16-26-11-20(30(16)12-17-5-6-18(10-25)21(24)9-17)14-28-7-8-29(23(32)15-28)13-19-3-2-4-22(31)27-19/h2-6,9,11H,7-8,12-15H2,1H3,(H,27,31). The topological polar surface area (TPSA) is 98.0 Å². The van der Waals surface area contributed by atoms with Crippen LogP contribution in [0.5, 0.6) is 0 Å². The lowest BCUT2D eigenvalue weighted by Gasteiger charge is -2.34. The molecule has 0 radical (unpaired) electrons. The van der Waals surface area contributed by atoms with Crippen molar-refractivity contribution in [2.24, 2.45) is 0 Å². The number of hydrogen-bond acceptors (Lipinski definition) is 5. The third kappa shape index (κ3) is 4.76. The summed E-state index contributed by atoms with van der Waals surface area (Å²) in [7, 11) is 0. The van der Waals surface area contributed by atoms with Gasteiger partial charge in [-0.05, 0) is 30.7 Å². The van der Waals surface area contributed by atoms with Crippen molar-refractivity contribution in [3.8, 4) is 6.07 Å². The number of amides is 1. The fraction of sp³-hybridized carbons (Fsp3) is 0.304. The number of halogens is 1. The summed E-state index contributed by atoms with van der Waals surface area (Å²) in [5, 5.41) is 8.91. The molecule has 1 aliphatic heterocycles. The molecule has 0 unspecified atom stereocenters. The van der Waals surface area contributed by atoms with Gasteiger partial charge in [-0.1, -0.05) is 12.1 Å². The molecule has 1 amide bonds. The van der Waals surface area contributed by atoms with Crippen LogP contribution in [0, 0.1) is 24.1 Å². The van der Waals surface area contributed by atoms with Gasteiger partial charge in [0.2, 0.25) is 11.5 Å². The minimum atomic E-state index is -0.536. The average molecular weight is 434 g/mol. The minimum Gasteiger partial charge on any atom is -0.334 e. The lowest BCUT2D eigenvalue weighted by molar-refractivity contribution is -0.137. The lowest BCUT2D eigenvalue weighted by Crippen LogP contribution is -2.49. The highest BCUT2D eigenvalue weighted by atomic mass is 19.1. The highest BCUT2D eigenvalue weighted by Crippen LogP contribution is 2.16. The fourth-order valence-corrected chi connectivity index (χ4v) is 3.87. The first kappa shape index (κ1) is 21.5. The van der Waals surface area contributed by atoms with E-state index >= 15 is 0 Å². The van der Waals surface area contributed by atoms with Crippen LogP contribution in [-0.4, -0.2) is 49.9 Å². The van der Waals surface area contributed by atoms with Crippen LogP contribution >= 0.6 is 0 Å². The van der Waals surface area contributed by atoms with Gasteiger partial charge in [0.05, 0.1) is 24.3 Å². The molecule has 1 N–H and O–H groups in total. The summed E-state index contributed by atoms with van der Waals surface area (Å²) in [5.74, 6) is 0.256. The molecule has 1 aliphatic rings. The Kier molecular flexibility index (Phi) is 6.14. The molecule has 32 heavy (non-hydrogen) atoms. The quantitative estimate of drug-likeness (QED) is 0.638. The molecule has 4 rings (SSSR count). The molecule has 1 aromatic carbocycles. The van der Waals surface area contributed by atoms with Crippen molar-refractivity contribution in [3.63, 3.8) is 0 Å².